The van der Waals surface area contributed by atoms with Crippen LogP contribution in [0.15, 0.2) is 65.4 Å². The number of benzene rings is 2. The predicted octanol–water partition coefficient (Wildman–Crippen LogP) is 4.50. The zero-order valence-corrected chi connectivity index (χ0v) is 12.2. The molecule has 3 aromatic rings. The molecule has 0 aliphatic heterocycles. The highest BCUT2D eigenvalue weighted by Crippen LogP contribution is 2.22. The number of halogens is 2. The summed E-state index contributed by atoms with van der Waals surface area (Å²) in [7, 11) is 0. The summed E-state index contributed by atoms with van der Waals surface area (Å²) >= 11 is 3.46. The van der Waals surface area contributed by atoms with E-state index in [9.17, 15) is 4.39 Å². The van der Waals surface area contributed by atoms with Gasteiger partial charge in [0.15, 0.2) is 0 Å². The normalized spacial score (nSPS) is 10.7. The van der Waals surface area contributed by atoms with Crippen LogP contribution in [0.25, 0.3) is 11.4 Å². The van der Waals surface area contributed by atoms with Gasteiger partial charge in [-0.25, -0.2) is 9.37 Å². The summed E-state index contributed by atoms with van der Waals surface area (Å²) in [5.74, 6) is 0.386. The predicted molar refractivity (Wildman–Crippen MR) is 80.9 cm³/mol. The zero-order valence-electron chi connectivity index (χ0n) is 10.6. The lowest BCUT2D eigenvalue weighted by Gasteiger charge is -2.09. The van der Waals surface area contributed by atoms with Crippen molar-refractivity contribution in [2.45, 2.75) is 6.54 Å². The molecule has 2 nitrogen and oxygen atoms in total. The molecule has 0 atom stereocenters. The van der Waals surface area contributed by atoms with Gasteiger partial charge < -0.3 is 4.57 Å². The van der Waals surface area contributed by atoms with Crippen LogP contribution in [0.3, 0.4) is 0 Å². The summed E-state index contributed by atoms with van der Waals surface area (Å²) in [4.78, 5) is 4.28. The Morgan fingerprint density at radius 3 is 2.75 bits per heavy atom. The summed E-state index contributed by atoms with van der Waals surface area (Å²) in [6, 6.07) is 14.7. The average molecular weight is 331 g/mol. The van der Waals surface area contributed by atoms with Crippen LogP contribution in [-0.4, -0.2) is 9.55 Å². The molecule has 1 heterocycles. The Bertz CT molecular complexity index is 737. The van der Waals surface area contributed by atoms with Gasteiger partial charge in [0.2, 0.25) is 0 Å². The van der Waals surface area contributed by atoms with Crippen molar-refractivity contribution in [3.63, 3.8) is 0 Å². The molecular weight excluding hydrogens is 319 g/mol. The fourth-order valence-electron chi connectivity index (χ4n) is 2.16. The van der Waals surface area contributed by atoms with Crippen molar-refractivity contribution in [2.75, 3.05) is 0 Å². The van der Waals surface area contributed by atoms with Crippen molar-refractivity contribution >= 4 is 15.9 Å². The van der Waals surface area contributed by atoms with Gasteiger partial charge in [-0.1, -0.05) is 40.2 Å². The van der Waals surface area contributed by atoms with E-state index in [-0.39, 0.29) is 5.82 Å². The van der Waals surface area contributed by atoms with E-state index in [1.165, 1.54) is 6.07 Å². The minimum atomic E-state index is -0.255. The fourth-order valence-corrected chi connectivity index (χ4v) is 2.60. The summed E-state index contributed by atoms with van der Waals surface area (Å²) in [5.41, 5.74) is 1.66. The second kappa shape index (κ2) is 5.59. The second-order valence-electron chi connectivity index (χ2n) is 4.49. The molecule has 4 heteroatoms. The van der Waals surface area contributed by atoms with Crippen molar-refractivity contribution in [3.8, 4) is 11.4 Å². The molecule has 0 aliphatic rings. The molecule has 0 N–H and O–H groups in total. The van der Waals surface area contributed by atoms with Gasteiger partial charge in [0.1, 0.15) is 11.6 Å². The second-order valence-corrected chi connectivity index (χ2v) is 5.40. The summed E-state index contributed by atoms with van der Waals surface area (Å²) in [5, 5.41) is 0. The summed E-state index contributed by atoms with van der Waals surface area (Å²) in [6.07, 6.45) is 3.56. The van der Waals surface area contributed by atoms with Gasteiger partial charge in [-0.15, -0.1) is 0 Å². The SMILES string of the molecule is Fc1ccccc1-c1nccn1Cc1cccc(Br)c1. The largest absolute Gasteiger partial charge is 0.326 e. The molecule has 1 aromatic heterocycles. The first-order valence-electron chi connectivity index (χ1n) is 6.24. The lowest BCUT2D eigenvalue weighted by atomic mass is 10.2. The smallest absolute Gasteiger partial charge is 0.143 e. The van der Waals surface area contributed by atoms with Crippen molar-refractivity contribution in [1.29, 1.82) is 0 Å². The van der Waals surface area contributed by atoms with Crippen LogP contribution in [0, 0.1) is 5.82 Å². The van der Waals surface area contributed by atoms with Gasteiger partial charge in [-0.3, -0.25) is 0 Å². The van der Waals surface area contributed by atoms with E-state index in [4.69, 9.17) is 0 Å². The average Bonchev–Trinajstić information content (AvgIpc) is 2.87. The monoisotopic (exact) mass is 330 g/mol. The number of imidazole rings is 1. The number of hydrogen-bond donors (Lipinski definition) is 0. The van der Waals surface area contributed by atoms with E-state index in [2.05, 4.69) is 20.9 Å². The van der Waals surface area contributed by atoms with Crippen LogP contribution >= 0.6 is 15.9 Å². The number of rotatable bonds is 3. The number of aromatic nitrogens is 2. The molecule has 0 bridgehead atoms. The topological polar surface area (TPSA) is 17.8 Å². The van der Waals surface area contributed by atoms with Gasteiger partial charge in [0, 0.05) is 23.4 Å². The van der Waals surface area contributed by atoms with Crippen molar-refractivity contribution < 1.29 is 4.39 Å². The molecule has 0 saturated carbocycles. The highest BCUT2D eigenvalue weighted by Gasteiger charge is 2.10. The third-order valence-corrected chi connectivity index (χ3v) is 3.57. The van der Waals surface area contributed by atoms with E-state index in [1.54, 1.807) is 18.3 Å². The van der Waals surface area contributed by atoms with Gasteiger partial charge in [0.25, 0.3) is 0 Å². The Hall–Kier alpha value is -1.94. The van der Waals surface area contributed by atoms with Gasteiger partial charge in [0.05, 0.1) is 5.56 Å². The Kier molecular flexibility index (Phi) is 3.65. The quantitative estimate of drug-likeness (QED) is 0.691. The van der Waals surface area contributed by atoms with Crippen molar-refractivity contribution in [3.05, 3.63) is 76.8 Å². The van der Waals surface area contributed by atoms with Gasteiger partial charge >= 0.3 is 0 Å². The maximum atomic E-state index is 13.9. The molecule has 0 fully saturated rings. The molecule has 0 radical (unpaired) electrons. The van der Waals surface area contributed by atoms with Crippen molar-refractivity contribution in [2.24, 2.45) is 0 Å². The van der Waals surface area contributed by atoms with E-state index in [0.29, 0.717) is 17.9 Å². The third kappa shape index (κ3) is 2.65. The standard InChI is InChI=1S/C16H12BrFN2/c17-13-5-3-4-12(10-13)11-20-9-8-19-16(20)14-6-1-2-7-15(14)18/h1-10H,11H2. The first-order chi connectivity index (χ1) is 9.74. The molecule has 2 aromatic carbocycles. The summed E-state index contributed by atoms with van der Waals surface area (Å²) in [6.45, 7) is 0.656. The zero-order chi connectivity index (χ0) is 13.9. The van der Waals surface area contributed by atoms with Crippen LogP contribution in [0.4, 0.5) is 4.39 Å². The van der Waals surface area contributed by atoms with E-state index < -0.39 is 0 Å². The Morgan fingerprint density at radius 1 is 1.10 bits per heavy atom. The van der Waals surface area contributed by atoms with Crippen LogP contribution in [-0.2, 0) is 6.54 Å². The Morgan fingerprint density at radius 2 is 1.95 bits per heavy atom. The van der Waals surface area contributed by atoms with E-state index in [0.717, 1.165) is 10.0 Å². The maximum absolute atomic E-state index is 13.9. The Labute approximate surface area is 125 Å². The molecule has 20 heavy (non-hydrogen) atoms. The molecule has 0 unspecified atom stereocenters. The fraction of sp³-hybridized carbons (Fsp3) is 0.0625. The molecular formula is C16H12BrFN2. The van der Waals surface area contributed by atoms with Crippen LogP contribution in [0.2, 0.25) is 0 Å². The minimum Gasteiger partial charge on any atom is -0.326 e. The maximum Gasteiger partial charge on any atom is 0.143 e. The Balaban J connectivity index is 1.97. The number of nitrogens with zero attached hydrogens (tertiary/aromatic N) is 2. The molecule has 0 amide bonds. The molecule has 0 saturated heterocycles. The summed E-state index contributed by atoms with van der Waals surface area (Å²) < 4.78 is 16.8. The van der Waals surface area contributed by atoms with Gasteiger partial charge in [-0.05, 0) is 29.8 Å². The van der Waals surface area contributed by atoms with Crippen LogP contribution in [0.5, 0.6) is 0 Å². The first kappa shape index (κ1) is 13.1. The molecule has 3 rings (SSSR count). The highest BCUT2D eigenvalue weighted by atomic mass is 79.9. The molecule has 100 valence electrons. The first-order valence-corrected chi connectivity index (χ1v) is 7.04. The van der Waals surface area contributed by atoms with E-state index in [1.807, 2.05) is 41.1 Å². The minimum absolute atomic E-state index is 0.255. The lowest BCUT2D eigenvalue weighted by molar-refractivity contribution is 0.628. The third-order valence-electron chi connectivity index (χ3n) is 3.07. The molecule has 0 spiro atoms. The lowest BCUT2D eigenvalue weighted by Crippen LogP contribution is -2.02. The van der Waals surface area contributed by atoms with E-state index >= 15 is 0 Å². The van der Waals surface area contributed by atoms with Crippen LogP contribution < -0.4 is 0 Å². The van der Waals surface area contributed by atoms with Crippen molar-refractivity contribution in [1.82, 2.24) is 9.55 Å². The highest BCUT2D eigenvalue weighted by molar-refractivity contribution is 9.10. The number of hydrogen-bond acceptors (Lipinski definition) is 1. The van der Waals surface area contributed by atoms with Gasteiger partial charge in [-0.2, -0.15) is 0 Å². The van der Waals surface area contributed by atoms with Crippen LogP contribution in [0.1, 0.15) is 5.56 Å². The molecule has 0 aliphatic carbocycles.